The molecule has 0 saturated carbocycles. The van der Waals surface area contributed by atoms with E-state index in [9.17, 15) is 18.0 Å². The van der Waals surface area contributed by atoms with Gasteiger partial charge in [-0.25, -0.2) is 8.42 Å². The van der Waals surface area contributed by atoms with Crippen LogP contribution in [0.3, 0.4) is 0 Å². The number of hydrogen-bond acceptors (Lipinski definition) is 4. The van der Waals surface area contributed by atoms with Gasteiger partial charge in [-0.1, -0.05) is 29.8 Å². The molecule has 2 fully saturated rings. The molecule has 142 valence electrons. The fourth-order valence-corrected chi connectivity index (χ4v) is 5.58. The first-order valence-electron chi connectivity index (χ1n) is 9.13. The fourth-order valence-electron chi connectivity index (χ4n) is 3.85. The molecular formula is C19H26N2O4S. The van der Waals surface area contributed by atoms with Crippen molar-refractivity contribution < 1.29 is 18.0 Å². The van der Waals surface area contributed by atoms with Crippen LogP contribution in [0.25, 0.3) is 0 Å². The Kier molecular flexibility index (Phi) is 5.37. The summed E-state index contributed by atoms with van der Waals surface area (Å²) in [6.07, 6.45) is 0.705. The van der Waals surface area contributed by atoms with Gasteiger partial charge < -0.3 is 9.80 Å². The number of nitrogens with zero attached hydrogens (tertiary/aromatic N) is 2. The lowest BCUT2D eigenvalue weighted by atomic mass is 10.1. The largest absolute Gasteiger partial charge is 0.339 e. The van der Waals surface area contributed by atoms with Crippen LogP contribution in [0.4, 0.5) is 0 Å². The molecule has 2 amide bonds. The van der Waals surface area contributed by atoms with E-state index in [-0.39, 0.29) is 41.7 Å². The van der Waals surface area contributed by atoms with Crippen molar-refractivity contribution in [3.05, 3.63) is 35.4 Å². The first-order chi connectivity index (χ1) is 12.3. The molecule has 2 unspecified atom stereocenters. The van der Waals surface area contributed by atoms with Crippen molar-refractivity contribution >= 4 is 21.7 Å². The van der Waals surface area contributed by atoms with Gasteiger partial charge in [-0.2, -0.15) is 0 Å². The van der Waals surface area contributed by atoms with E-state index in [1.165, 1.54) is 5.56 Å². The second kappa shape index (κ2) is 7.39. The molecule has 1 aromatic rings. The summed E-state index contributed by atoms with van der Waals surface area (Å²) in [6.45, 7) is 5.27. The lowest BCUT2D eigenvalue weighted by molar-refractivity contribution is -0.137. The van der Waals surface area contributed by atoms with E-state index in [1.807, 2.05) is 38.1 Å². The zero-order valence-electron chi connectivity index (χ0n) is 15.3. The summed E-state index contributed by atoms with van der Waals surface area (Å²) < 4.78 is 23.5. The summed E-state index contributed by atoms with van der Waals surface area (Å²) >= 11 is 0. The normalized spacial score (nSPS) is 24.8. The quantitative estimate of drug-likeness (QED) is 0.776. The molecule has 0 aliphatic carbocycles. The highest BCUT2D eigenvalue weighted by Crippen LogP contribution is 2.25. The topological polar surface area (TPSA) is 74.8 Å². The maximum absolute atomic E-state index is 12.9. The molecule has 1 aromatic carbocycles. The minimum atomic E-state index is -3.04. The number of carbonyl (C=O) groups is 2. The van der Waals surface area contributed by atoms with Crippen molar-refractivity contribution in [2.24, 2.45) is 5.92 Å². The highest BCUT2D eigenvalue weighted by Gasteiger charge is 2.40. The number of amides is 2. The average Bonchev–Trinajstić information content (AvgIpc) is 3.13. The van der Waals surface area contributed by atoms with E-state index in [4.69, 9.17) is 0 Å². The summed E-state index contributed by atoms with van der Waals surface area (Å²) in [5, 5.41) is 0. The number of hydrogen-bond donors (Lipinski definition) is 0. The van der Waals surface area contributed by atoms with Gasteiger partial charge in [0.15, 0.2) is 9.84 Å². The van der Waals surface area contributed by atoms with Crippen LogP contribution in [0.1, 0.15) is 30.9 Å². The molecule has 0 radical (unpaired) electrons. The third-order valence-corrected chi connectivity index (χ3v) is 7.08. The van der Waals surface area contributed by atoms with Crippen LogP contribution in [-0.4, -0.2) is 60.7 Å². The fraction of sp³-hybridized carbons (Fsp3) is 0.579. The van der Waals surface area contributed by atoms with E-state index >= 15 is 0 Å². The summed E-state index contributed by atoms with van der Waals surface area (Å²) in [4.78, 5) is 28.7. The molecule has 2 saturated heterocycles. The lowest BCUT2D eigenvalue weighted by Gasteiger charge is -2.29. The molecular weight excluding hydrogens is 352 g/mol. The maximum Gasteiger partial charge on any atom is 0.228 e. The van der Waals surface area contributed by atoms with Gasteiger partial charge in [-0.05, 0) is 25.8 Å². The summed E-state index contributed by atoms with van der Waals surface area (Å²) in [6, 6.07) is 7.77. The molecule has 0 spiro atoms. The van der Waals surface area contributed by atoms with Gasteiger partial charge in [0.2, 0.25) is 11.8 Å². The van der Waals surface area contributed by atoms with Crippen molar-refractivity contribution in [3.8, 4) is 0 Å². The third kappa shape index (κ3) is 4.09. The van der Waals surface area contributed by atoms with Gasteiger partial charge in [0.25, 0.3) is 0 Å². The molecule has 0 N–H and O–H groups in total. The average molecular weight is 378 g/mol. The van der Waals surface area contributed by atoms with E-state index in [0.29, 0.717) is 26.1 Å². The lowest BCUT2D eigenvalue weighted by Crippen LogP contribution is -2.44. The minimum Gasteiger partial charge on any atom is -0.339 e. The van der Waals surface area contributed by atoms with Crippen LogP contribution in [-0.2, 0) is 26.0 Å². The van der Waals surface area contributed by atoms with E-state index in [0.717, 1.165) is 5.56 Å². The number of carbonyl (C=O) groups excluding carboxylic acids is 2. The maximum atomic E-state index is 12.9. The van der Waals surface area contributed by atoms with Gasteiger partial charge in [0, 0.05) is 32.1 Å². The molecule has 3 rings (SSSR count). The standard InChI is InChI=1S/C19H26N2O4S/c1-3-21(17-8-9-26(24,25)13-17)19(23)16-10-18(22)20(12-16)11-15-6-4-14(2)5-7-15/h4-7,16-17H,3,8-13H2,1-2H3. The Labute approximate surface area is 155 Å². The second-order valence-electron chi connectivity index (χ2n) is 7.34. The molecule has 2 aliphatic rings. The Bertz CT molecular complexity index is 788. The molecule has 2 aliphatic heterocycles. The SMILES string of the molecule is CCN(C(=O)C1CC(=O)N(Cc2ccc(C)cc2)C1)C1CCS(=O)(=O)C1. The van der Waals surface area contributed by atoms with E-state index < -0.39 is 9.84 Å². The number of likely N-dealkylation sites (tertiary alicyclic amines) is 1. The van der Waals surface area contributed by atoms with E-state index in [2.05, 4.69) is 0 Å². The Hall–Kier alpha value is -1.89. The smallest absolute Gasteiger partial charge is 0.228 e. The van der Waals surface area contributed by atoms with Crippen molar-refractivity contribution in [1.82, 2.24) is 9.80 Å². The number of aryl methyl sites for hydroxylation is 1. The molecule has 2 heterocycles. The highest BCUT2D eigenvalue weighted by atomic mass is 32.2. The highest BCUT2D eigenvalue weighted by molar-refractivity contribution is 7.91. The molecule has 0 aromatic heterocycles. The Balaban J connectivity index is 1.65. The third-order valence-electron chi connectivity index (χ3n) is 5.33. The van der Waals surface area contributed by atoms with Crippen molar-refractivity contribution in [2.75, 3.05) is 24.6 Å². The predicted octanol–water partition coefficient (Wildman–Crippen LogP) is 1.38. The monoisotopic (exact) mass is 378 g/mol. The Morgan fingerprint density at radius 3 is 2.54 bits per heavy atom. The number of benzene rings is 1. The van der Waals surface area contributed by atoms with Crippen LogP contribution in [0, 0.1) is 12.8 Å². The molecule has 2 atom stereocenters. The summed E-state index contributed by atoms with van der Waals surface area (Å²) in [5.41, 5.74) is 2.21. The second-order valence-corrected chi connectivity index (χ2v) is 9.57. The molecule has 0 bridgehead atoms. The number of sulfone groups is 1. The molecule has 26 heavy (non-hydrogen) atoms. The van der Waals surface area contributed by atoms with Crippen LogP contribution in [0.5, 0.6) is 0 Å². The summed E-state index contributed by atoms with van der Waals surface area (Å²) in [7, 11) is -3.04. The zero-order chi connectivity index (χ0) is 18.9. The van der Waals surface area contributed by atoms with Crippen molar-refractivity contribution in [2.45, 2.75) is 39.3 Å². The van der Waals surface area contributed by atoms with Crippen molar-refractivity contribution in [1.29, 1.82) is 0 Å². The van der Waals surface area contributed by atoms with Gasteiger partial charge in [0.05, 0.1) is 17.4 Å². The van der Waals surface area contributed by atoms with Gasteiger partial charge >= 0.3 is 0 Å². The minimum absolute atomic E-state index is 0.0148. The van der Waals surface area contributed by atoms with Crippen LogP contribution in [0.15, 0.2) is 24.3 Å². The first kappa shape index (κ1) is 18.9. The van der Waals surface area contributed by atoms with Crippen LogP contribution >= 0.6 is 0 Å². The zero-order valence-corrected chi connectivity index (χ0v) is 16.2. The van der Waals surface area contributed by atoms with Crippen molar-refractivity contribution in [3.63, 3.8) is 0 Å². The molecule has 6 nitrogen and oxygen atoms in total. The van der Waals surface area contributed by atoms with Gasteiger partial charge in [-0.3, -0.25) is 9.59 Å². The van der Waals surface area contributed by atoms with Gasteiger partial charge in [0.1, 0.15) is 0 Å². The first-order valence-corrected chi connectivity index (χ1v) is 11.0. The van der Waals surface area contributed by atoms with Crippen LogP contribution in [0.2, 0.25) is 0 Å². The molecule has 7 heteroatoms. The number of rotatable bonds is 5. The van der Waals surface area contributed by atoms with Crippen LogP contribution < -0.4 is 0 Å². The Morgan fingerprint density at radius 1 is 1.27 bits per heavy atom. The van der Waals surface area contributed by atoms with Gasteiger partial charge in [-0.15, -0.1) is 0 Å². The van der Waals surface area contributed by atoms with E-state index in [1.54, 1.807) is 9.80 Å². The summed E-state index contributed by atoms with van der Waals surface area (Å²) in [5.74, 6) is -0.296. The Morgan fingerprint density at radius 2 is 1.96 bits per heavy atom. The predicted molar refractivity (Wildman–Crippen MR) is 99.1 cm³/mol.